The molecule has 0 bridgehead atoms. The lowest BCUT2D eigenvalue weighted by Gasteiger charge is -2.23. The molecule has 1 unspecified atom stereocenters. The number of hydrogen-bond donors (Lipinski definition) is 1. The first-order valence-corrected chi connectivity index (χ1v) is 11.2. The largest absolute Gasteiger partial charge is 0.459 e. The average molecular weight is 488 g/mol. The number of aromatic nitrogens is 3. The summed E-state index contributed by atoms with van der Waals surface area (Å²) in [4.78, 5) is 48.1. The monoisotopic (exact) mass is 487 g/mol. The Hall–Kier alpha value is -3.33. The molecule has 182 valence electrons. The molecule has 9 nitrogen and oxygen atoms in total. The van der Waals surface area contributed by atoms with E-state index >= 15 is 0 Å². The minimum atomic E-state index is -0.726. The molecule has 1 aromatic carbocycles. The zero-order valence-corrected chi connectivity index (χ0v) is 21.2. The molecule has 1 atom stereocenters. The van der Waals surface area contributed by atoms with Crippen molar-refractivity contribution in [2.24, 2.45) is 7.05 Å². The van der Waals surface area contributed by atoms with Crippen LogP contribution in [0, 0.1) is 0 Å². The fourth-order valence-electron chi connectivity index (χ4n) is 3.69. The summed E-state index contributed by atoms with van der Waals surface area (Å²) in [6.07, 6.45) is 0.624. The molecular formula is C24H30ClN5O4. The third-order valence-electron chi connectivity index (χ3n) is 5.39. The van der Waals surface area contributed by atoms with Crippen LogP contribution in [0.3, 0.4) is 0 Å². The van der Waals surface area contributed by atoms with E-state index in [1.807, 2.05) is 18.2 Å². The van der Waals surface area contributed by atoms with Gasteiger partial charge in [0.2, 0.25) is 0 Å². The molecule has 0 aliphatic rings. The molecule has 0 fully saturated rings. The van der Waals surface area contributed by atoms with Crippen LogP contribution >= 0.6 is 11.6 Å². The standard InChI is InChI=1S/C24H30ClN5O4/c1-14(22(32)34-24(2,3)4)20-27-21(19(13-31)29(20)6)30(7)23(33)28(5)12-17-11-15-10-16(25)8-9-18(15)26-17/h8-11,13-14,26H,12H2,1-7H3. The van der Waals surface area contributed by atoms with Crippen molar-refractivity contribution in [2.75, 3.05) is 19.0 Å². The minimum Gasteiger partial charge on any atom is -0.459 e. The first kappa shape index (κ1) is 25.3. The second-order valence-corrected chi connectivity index (χ2v) is 9.77. The first-order chi connectivity index (χ1) is 15.8. The van der Waals surface area contributed by atoms with E-state index in [1.165, 1.54) is 14.4 Å². The fourth-order valence-corrected chi connectivity index (χ4v) is 3.87. The van der Waals surface area contributed by atoms with Gasteiger partial charge in [0, 0.05) is 42.8 Å². The number of rotatable bonds is 6. The Bertz CT molecular complexity index is 1240. The van der Waals surface area contributed by atoms with Crippen LogP contribution in [0.4, 0.5) is 10.6 Å². The van der Waals surface area contributed by atoms with Gasteiger partial charge in [-0.15, -0.1) is 0 Å². The number of esters is 1. The lowest BCUT2D eigenvalue weighted by molar-refractivity contribution is -0.156. The van der Waals surface area contributed by atoms with Gasteiger partial charge in [-0.25, -0.2) is 9.78 Å². The number of benzene rings is 1. The van der Waals surface area contributed by atoms with E-state index in [0.29, 0.717) is 23.7 Å². The highest BCUT2D eigenvalue weighted by atomic mass is 35.5. The fraction of sp³-hybridized carbons (Fsp3) is 0.417. The molecule has 2 heterocycles. The number of H-pyrrole nitrogens is 1. The number of hydrogen-bond acceptors (Lipinski definition) is 5. The van der Waals surface area contributed by atoms with Crippen molar-refractivity contribution in [1.29, 1.82) is 0 Å². The average Bonchev–Trinajstić information content (AvgIpc) is 3.29. The number of amides is 2. The highest BCUT2D eigenvalue weighted by Crippen LogP contribution is 2.26. The van der Waals surface area contributed by atoms with Crippen molar-refractivity contribution in [3.8, 4) is 0 Å². The number of carbonyl (C=O) groups excluding carboxylic acids is 3. The Morgan fingerprint density at radius 2 is 1.94 bits per heavy atom. The van der Waals surface area contributed by atoms with Crippen LogP contribution in [0.2, 0.25) is 5.02 Å². The summed E-state index contributed by atoms with van der Waals surface area (Å²) in [5.74, 6) is -0.685. The number of nitrogens with one attached hydrogen (secondary N) is 1. The lowest BCUT2D eigenvalue weighted by Crippen LogP contribution is -2.39. The van der Waals surface area contributed by atoms with Crippen molar-refractivity contribution in [3.05, 3.63) is 46.5 Å². The van der Waals surface area contributed by atoms with Crippen LogP contribution in [-0.2, 0) is 23.1 Å². The second kappa shape index (κ2) is 9.50. The van der Waals surface area contributed by atoms with E-state index in [4.69, 9.17) is 16.3 Å². The van der Waals surface area contributed by atoms with Gasteiger partial charge >= 0.3 is 12.0 Å². The summed E-state index contributed by atoms with van der Waals surface area (Å²) in [6, 6.07) is 7.10. The first-order valence-electron chi connectivity index (χ1n) is 10.8. The van der Waals surface area contributed by atoms with E-state index < -0.39 is 17.5 Å². The summed E-state index contributed by atoms with van der Waals surface area (Å²) in [5.41, 5.74) is 1.28. The van der Waals surface area contributed by atoms with Gasteiger partial charge in [0.05, 0.1) is 6.54 Å². The highest BCUT2D eigenvalue weighted by Gasteiger charge is 2.30. The molecule has 34 heavy (non-hydrogen) atoms. The quantitative estimate of drug-likeness (QED) is 0.407. The molecule has 0 spiro atoms. The maximum Gasteiger partial charge on any atom is 0.325 e. The van der Waals surface area contributed by atoms with Crippen molar-refractivity contribution >= 4 is 46.6 Å². The molecule has 0 radical (unpaired) electrons. The summed E-state index contributed by atoms with van der Waals surface area (Å²) < 4.78 is 6.97. The van der Waals surface area contributed by atoms with E-state index in [0.717, 1.165) is 16.6 Å². The second-order valence-electron chi connectivity index (χ2n) is 9.33. The number of halogens is 1. The predicted molar refractivity (Wildman–Crippen MR) is 131 cm³/mol. The van der Waals surface area contributed by atoms with E-state index in [9.17, 15) is 14.4 Å². The molecule has 0 aliphatic carbocycles. The normalized spacial score (nSPS) is 12.5. The number of aromatic amines is 1. The van der Waals surface area contributed by atoms with Crippen LogP contribution in [-0.4, -0.2) is 57.4 Å². The number of anilines is 1. The minimum absolute atomic E-state index is 0.170. The smallest absolute Gasteiger partial charge is 0.325 e. The number of urea groups is 1. The maximum atomic E-state index is 13.2. The highest BCUT2D eigenvalue weighted by molar-refractivity contribution is 6.31. The Balaban J connectivity index is 1.82. The Morgan fingerprint density at radius 1 is 1.26 bits per heavy atom. The van der Waals surface area contributed by atoms with E-state index in [-0.39, 0.29) is 17.5 Å². The zero-order valence-electron chi connectivity index (χ0n) is 20.5. The van der Waals surface area contributed by atoms with Crippen LogP contribution in [0.5, 0.6) is 0 Å². The van der Waals surface area contributed by atoms with Gasteiger partial charge in [-0.3, -0.25) is 14.5 Å². The topological polar surface area (TPSA) is 101 Å². The van der Waals surface area contributed by atoms with Crippen molar-refractivity contribution < 1.29 is 19.1 Å². The van der Waals surface area contributed by atoms with Gasteiger partial charge in [0.15, 0.2) is 12.1 Å². The van der Waals surface area contributed by atoms with Gasteiger partial charge in [0.1, 0.15) is 23.0 Å². The van der Waals surface area contributed by atoms with Gasteiger partial charge in [-0.05, 0) is 52.0 Å². The molecule has 3 rings (SSSR count). The summed E-state index contributed by atoms with van der Waals surface area (Å²) in [5, 5.41) is 1.58. The molecule has 0 saturated heterocycles. The van der Waals surface area contributed by atoms with Crippen LogP contribution < -0.4 is 4.90 Å². The molecule has 2 aromatic heterocycles. The van der Waals surface area contributed by atoms with Gasteiger partial charge in [-0.2, -0.15) is 0 Å². The zero-order chi connectivity index (χ0) is 25.4. The number of ether oxygens (including phenoxy) is 1. The third kappa shape index (κ3) is 5.25. The molecule has 0 saturated carbocycles. The van der Waals surface area contributed by atoms with E-state index in [1.54, 1.807) is 54.9 Å². The van der Waals surface area contributed by atoms with Crippen LogP contribution in [0.1, 0.15) is 55.6 Å². The third-order valence-corrected chi connectivity index (χ3v) is 5.63. The number of carbonyl (C=O) groups is 3. The van der Waals surface area contributed by atoms with Gasteiger partial charge in [-0.1, -0.05) is 11.6 Å². The predicted octanol–water partition coefficient (Wildman–Crippen LogP) is 4.50. The number of nitrogens with zero attached hydrogens (tertiary/aromatic N) is 4. The molecular weight excluding hydrogens is 458 g/mol. The van der Waals surface area contributed by atoms with Crippen molar-refractivity contribution in [2.45, 2.75) is 45.8 Å². The molecule has 3 aromatic rings. The van der Waals surface area contributed by atoms with Crippen molar-refractivity contribution in [3.63, 3.8) is 0 Å². The summed E-state index contributed by atoms with van der Waals surface area (Å²) in [7, 11) is 4.83. The maximum absolute atomic E-state index is 13.2. The molecule has 0 aliphatic heterocycles. The number of aldehydes is 1. The molecule has 1 N–H and O–H groups in total. The van der Waals surface area contributed by atoms with Gasteiger partial charge in [0.25, 0.3) is 0 Å². The van der Waals surface area contributed by atoms with Crippen LogP contribution in [0.15, 0.2) is 24.3 Å². The Labute approximate surface area is 203 Å². The Kier molecular flexibility index (Phi) is 7.07. The number of fused-ring (bicyclic) bond motifs is 1. The van der Waals surface area contributed by atoms with Crippen LogP contribution in [0.25, 0.3) is 10.9 Å². The molecule has 10 heteroatoms. The summed E-state index contributed by atoms with van der Waals surface area (Å²) in [6.45, 7) is 7.30. The Morgan fingerprint density at radius 3 is 2.56 bits per heavy atom. The summed E-state index contributed by atoms with van der Waals surface area (Å²) >= 11 is 6.06. The molecule has 2 amide bonds. The van der Waals surface area contributed by atoms with Gasteiger partial charge < -0.3 is 19.2 Å². The van der Waals surface area contributed by atoms with E-state index in [2.05, 4.69) is 9.97 Å². The van der Waals surface area contributed by atoms with Crippen molar-refractivity contribution in [1.82, 2.24) is 19.4 Å². The number of imidazole rings is 1. The SMILES string of the molecule is CC(C(=O)OC(C)(C)C)c1nc(N(C)C(=O)N(C)Cc2cc3cc(Cl)ccc3[nH]2)c(C=O)n1C. The lowest BCUT2D eigenvalue weighted by atomic mass is 10.1.